The summed E-state index contributed by atoms with van der Waals surface area (Å²) in [6, 6.07) is 3.95. The second kappa shape index (κ2) is 3.80. The maximum absolute atomic E-state index is 10.9. The van der Waals surface area contributed by atoms with Crippen LogP contribution in [0.2, 0.25) is 0 Å². The van der Waals surface area contributed by atoms with Crippen molar-refractivity contribution in [1.29, 1.82) is 0 Å². The number of rotatable bonds is 3. The number of aliphatic carboxylic acids is 1. The Labute approximate surface area is 105 Å². The molecule has 1 saturated carbocycles. The maximum Gasteiger partial charge on any atom is 0.308 e. The fourth-order valence-corrected chi connectivity index (χ4v) is 2.47. The molecule has 3 rings (SSSR count). The Morgan fingerprint density at radius 2 is 2.06 bits per heavy atom. The average Bonchev–Trinajstić information content (AvgIpc) is 3.01. The third kappa shape index (κ3) is 1.66. The number of ether oxygens (including phenoxy) is 2. The van der Waals surface area contributed by atoms with Gasteiger partial charge in [-0.1, -0.05) is 0 Å². The molecule has 0 aromatic heterocycles. The van der Waals surface area contributed by atoms with E-state index in [4.69, 9.17) is 14.6 Å². The van der Waals surface area contributed by atoms with Crippen LogP contribution >= 0.6 is 0 Å². The Hall–Kier alpha value is -1.91. The Kier molecular flexibility index (Phi) is 2.36. The molecule has 5 nitrogen and oxygen atoms in total. The lowest BCUT2D eigenvalue weighted by Crippen LogP contribution is -2.24. The molecule has 1 aromatic carbocycles. The second-order valence-electron chi connectivity index (χ2n) is 4.85. The largest absolute Gasteiger partial charge is 0.481 e. The monoisotopic (exact) mass is 249 g/mol. The van der Waals surface area contributed by atoms with Crippen molar-refractivity contribution in [2.24, 2.45) is 5.92 Å². The van der Waals surface area contributed by atoms with Crippen LogP contribution in [0.25, 0.3) is 0 Å². The number of benzene rings is 1. The molecule has 1 aliphatic carbocycles. The molecular formula is C13H15NO4. The first-order chi connectivity index (χ1) is 8.58. The van der Waals surface area contributed by atoms with E-state index in [1.807, 2.05) is 31.0 Å². The van der Waals surface area contributed by atoms with Gasteiger partial charge < -0.3 is 19.5 Å². The molecule has 1 aliphatic heterocycles. The van der Waals surface area contributed by atoms with Gasteiger partial charge in [-0.05, 0) is 25.0 Å². The molecule has 2 atom stereocenters. The Morgan fingerprint density at radius 3 is 2.67 bits per heavy atom. The number of fused-ring (bicyclic) bond motifs is 1. The number of carboxylic acids is 1. The van der Waals surface area contributed by atoms with Crippen LogP contribution < -0.4 is 14.4 Å². The van der Waals surface area contributed by atoms with Gasteiger partial charge in [-0.15, -0.1) is 0 Å². The first-order valence-electron chi connectivity index (χ1n) is 5.94. The quantitative estimate of drug-likeness (QED) is 0.882. The minimum atomic E-state index is -0.717. The van der Waals surface area contributed by atoms with Gasteiger partial charge in [-0.3, -0.25) is 4.79 Å². The van der Waals surface area contributed by atoms with Crippen molar-refractivity contribution < 1.29 is 19.4 Å². The highest BCUT2D eigenvalue weighted by Gasteiger charge is 2.46. The van der Waals surface area contributed by atoms with Crippen LogP contribution in [0.4, 0.5) is 5.69 Å². The molecule has 1 aromatic rings. The van der Waals surface area contributed by atoms with Crippen molar-refractivity contribution in [3.05, 3.63) is 17.7 Å². The van der Waals surface area contributed by atoms with Crippen molar-refractivity contribution in [1.82, 2.24) is 0 Å². The lowest BCUT2D eigenvalue weighted by molar-refractivity contribution is -0.138. The molecule has 0 amide bonds. The van der Waals surface area contributed by atoms with E-state index >= 15 is 0 Å². The molecule has 2 unspecified atom stereocenters. The lowest BCUT2D eigenvalue weighted by Gasteiger charge is -2.21. The molecule has 0 saturated heterocycles. The summed E-state index contributed by atoms with van der Waals surface area (Å²) in [6.45, 7) is 2.25. The normalized spacial score (nSPS) is 23.9. The summed E-state index contributed by atoms with van der Waals surface area (Å²) in [6.07, 6.45) is 0.708. The Balaban J connectivity index is 1.86. The van der Waals surface area contributed by atoms with Gasteiger partial charge in [-0.25, -0.2) is 0 Å². The molecule has 1 fully saturated rings. The van der Waals surface area contributed by atoms with E-state index in [2.05, 4.69) is 0 Å². The zero-order chi connectivity index (χ0) is 12.9. The van der Waals surface area contributed by atoms with Gasteiger partial charge in [0.1, 0.15) is 0 Å². The average molecular weight is 249 g/mol. The number of anilines is 1. The molecular weight excluding hydrogens is 234 g/mol. The molecule has 5 heteroatoms. The molecule has 0 radical (unpaired) electrons. The van der Waals surface area contributed by atoms with Gasteiger partial charge >= 0.3 is 5.97 Å². The van der Waals surface area contributed by atoms with Gasteiger partial charge in [0.15, 0.2) is 11.5 Å². The number of aryl methyl sites for hydroxylation is 1. The van der Waals surface area contributed by atoms with E-state index in [9.17, 15) is 4.79 Å². The minimum Gasteiger partial charge on any atom is -0.481 e. The van der Waals surface area contributed by atoms with Crippen molar-refractivity contribution >= 4 is 11.7 Å². The van der Waals surface area contributed by atoms with Crippen LogP contribution in [-0.4, -0.2) is 31.0 Å². The smallest absolute Gasteiger partial charge is 0.308 e. The summed E-state index contributed by atoms with van der Waals surface area (Å²) in [4.78, 5) is 12.9. The summed E-state index contributed by atoms with van der Waals surface area (Å²) in [5.41, 5.74) is 2.07. The molecule has 1 N–H and O–H groups in total. The van der Waals surface area contributed by atoms with Crippen molar-refractivity contribution in [2.75, 3.05) is 18.7 Å². The van der Waals surface area contributed by atoms with Gasteiger partial charge in [0.2, 0.25) is 6.79 Å². The van der Waals surface area contributed by atoms with Crippen molar-refractivity contribution in [3.8, 4) is 11.5 Å². The van der Waals surface area contributed by atoms with Crippen LogP contribution in [0.3, 0.4) is 0 Å². The van der Waals surface area contributed by atoms with E-state index in [-0.39, 0.29) is 18.8 Å². The summed E-state index contributed by atoms with van der Waals surface area (Å²) < 4.78 is 10.7. The van der Waals surface area contributed by atoms with E-state index in [0.717, 1.165) is 22.7 Å². The summed E-state index contributed by atoms with van der Waals surface area (Å²) in [5, 5.41) is 8.97. The van der Waals surface area contributed by atoms with Gasteiger partial charge in [0.05, 0.1) is 5.92 Å². The first kappa shape index (κ1) is 11.2. The standard InChI is InChI=1S/C13H15NO4/c1-7-3-11-12(18-6-17-11)5-9(7)14(2)10-4-8(10)13(15)16/h3,5,8,10H,4,6H2,1-2H3,(H,15,16). The zero-order valence-electron chi connectivity index (χ0n) is 10.3. The lowest BCUT2D eigenvalue weighted by atomic mass is 10.1. The molecule has 0 bridgehead atoms. The number of carboxylic acid groups (broad SMARTS) is 1. The van der Waals surface area contributed by atoms with Gasteiger partial charge in [0, 0.05) is 24.8 Å². The zero-order valence-corrected chi connectivity index (χ0v) is 10.3. The van der Waals surface area contributed by atoms with Crippen LogP contribution in [0.1, 0.15) is 12.0 Å². The highest BCUT2D eigenvalue weighted by molar-refractivity contribution is 5.76. The van der Waals surface area contributed by atoms with E-state index < -0.39 is 5.97 Å². The molecule has 0 spiro atoms. The number of hydrogen-bond donors (Lipinski definition) is 1. The number of carbonyl (C=O) groups is 1. The molecule has 96 valence electrons. The molecule has 2 aliphatic rings. The highest BCUT2D eigenvalue weighted by atomic mass is 16.7. The fraction of sp³-hybridized carbons (Fsp3) is 0.462. The SMILES string of the molecule is Cc1cc2c(cc1N(C)C1CC1C(=O)O)OCO2. The Morgan fingerprint density at radius 1 is 1.39 bits per heavy atom. The van der Waals surface area contributed by atoms with Gasteiger partial charge in [0.25, 0.3) is 0 Å². The third-order valence-corrected chi connectivity index (χ3v) is 3.64. The fourth-order valence-electron chi connectivity index (χ4n) is 2.47. The van der Waals surface area contributed by atoms with E-state index in [0.29, 0.717) is 6.42 Å². The molecule has 18 heavy (non-hydrogen) atoms. The second-order valence-corrected chi connectivity index (χ2v) is 4.85. The number of hydrogen-bond acceptors (Lipinski definition) is 4. The van der Waals surface area contributed by atoms with Crippen LogP contribution in [0, 0.1) is 12.8 Å². The maximum atomic E-state index is 10.9. The number of nitrogens with zero attached hydrogens (tertiary/aromatic N) is 1. The predicted octanol–water partition coefficient (Wildman–Crippen LogP) is 1.63. The van der Waals surface area contributed by atoms with E-state index in [1.54, 1.807) is 0 Å². The highest BCUT2D eigenvalue weighted by Crippen LogP contribution is 2.43. The third-order valence-electron chi connectivity index (χ3n) is 3.64. The summed E-state index contributed by atoms with van der Waals surface area (Å²) in [7, 11) is 1.93. The Bertz CT molecular complexity index is 514. The van der Waals surface area contributed by atoms with Crippen LogP contribution in [0.15, 0.2) is 12.1 Å². The van der Waals surface area contributed by atoms with Crippen LogP contribution in [-0.2, 0) is 4.79 Å². The van der Waals surface area contributed by atoms with Gasteiger partial charge in [-0.2, -0.15) is 0 Å². The summed E-state index contributed by atoms with van der Waals surface area (Å²) in [5.74, 6) is 0.523. The van der Waals surface area contributed by atoms with E-state index in [1.165, 1.54) is 0 Å². The minimum absolute atomic E-state index is 0.0848. The summed E-state index contributed by atoms with van der Waals surface area (Å²) >= 11 is 0. The predicted molar refractivity (Wildman–Crippen MR) is 65.2 cm³/mol. The van der Waals surface area contributed by atoms with Crippen molar-refractivity contribution in [3.63, 3.8) is 0 Å². The van der Waals surface area contributed by atoms with Crippen LogP contribution in [0.5, 0.6) is 11.5 Å². The van der Waals surface area contributed by atoms with Crippen molar-refractivity contribution in [2.45, 2.75) is 19.4 Å². The molecule has 1 heterocycles. The first-order valence-corrected chi connectivity index (χ1v) is 5.94. The topological polar surface area (TPSA) is 59.0 Å².